The maximum atomic E-state index is 12.5. The van der Waals surface area contributed by atoms with Crippen LogP contribution in [0.5, 0.6) is 0 Å². The number of carbonyl (C=O) groups is 3. The lowest BCUT2D eigenvalue weighted by molar-refractivity contribution is -0.167. The zero-order valence-corrected chi connectivity index (χ0v) is 28.9. The summed E-state index contributed by atoms with van der Waals surface area (Å²) in [4.78, 5) is 37.1. The summed E-state index contributed by atoms with van der Waals surface area (Å²) >= 11 is 0. The third-order valence-electron chi connectivity index (χ3n) is 8.04. The van der Waals surface area contributed by atoms with Gasteiger partial charge in [-0.3, -0.25) is 14.4 Å². The van der Waals surface area contributed by atoms with Gasteiger partial charge in [-0.2, -0.15) is 0 Å². The van der Waals surface area contributed by atoms with E-state index in [1.807, 2.05) is 0 Å². The molecule has 0 aliphatic carbocycles. The normalized spacial score (nSPS) is 11.9. The molecule has 0 fully saturated rings. The van der Waals surface area contributed by atoms with Crippen LogP contribution in [0, 0.1) is 5.92 Å². The monoisotopic (exact) mass is 611 g/mol. The molecule has 0 rings (SSSR count). The Balaban J connectivity index is 4.30. The molecule has 0 unspecified atom stereocenters. The number of ether oxygens (including phenoxy) is 3. The highest BCUT2D eigenvalue weighted by atomic mass is 16.6. The summed E-state index contributed by atoms with van der Waals surface area (Å²) in [5.74, 6) is -0.0918. The number of unbranched alkanes of at least 4 members (excludes halogenated alkanes) is 19. The van der Waals surface area contributed by atoms with Crippen molar-refractivity contribution in [3.8, 4) is 0 Å². The van der Waals surface area contributed by atoms with Crippen LogP contribution in [0.15, 0.2) is 0 Å². The van der Waals surface area contributed by atoms with Gasteiger partial charge in [0, 0.05) is 19.3 Å². The van der Waals surface area contributed by atoms with E-state index in [-0.39, 0.29) is 31.1 Å². The van der Waals surface area contributed by atoms with Crippen molar-refractivity contribution in [2.45, 2.75) is 201 Å². The Labute approximate surface area is 266 Å². The molecule has 0 saturated heterocycles. The van der Waals surface area contributed by atoms with Gasteiger partial charge in [0.15, 0.2) is 6.10 Å². The van der Waals surface area contributed by atoms with Crippen molar-refractivity contribution in [2.75, 3.05) is 13.2 Å². The molecule has 0 aliphatic rings. The molecule has 43 heavy (non-hydrogen) atoms. The van der Waals surface area contributed by atoms with Gasteiger partial charge in [-0.1, -0.05) is 156 Å². The summed E-state index contributed by atoms with van der Waals surface area (Å²) in [7, 11) is 0. The van der Waals surface area contributed by atoms with Crippen molar-refractivity contribution >= 4 is 17.9 Å². The average Bonchev–Trinajstić information content (AvgIpc) is 2.98. The van der Waals surface area contributed by atoms with Crippen molar-refractivity contribution in [1.29, 1.82) is 0 Å². The highest BCUT2D eigenvalue weighted by molar-refractivity contribution is 5.71. The maximum absolute atomic E-state index is 12.5. The van der Waals surface area contributed by atoms with Gasteiger partial charge in [0.1, 0.15) is 13.2 Å². The first-order valence-corrected chi connectivity index (χ1v) is 18.4. The fourth-order valence-electron chi connectivity index (χ4n) is 5.21. The van der Waals surface area contributed by atoms with Crippen molar-refractivity contribution < 1.29 is 28.6 Å². The fourth-order valence-corrected chi connectivity index (χ4v) is 5.21. The van der Waals surface area contributed by atoms with E-state index in [9.17, 15) is 14.4 Å². The second-order valence-electron chi connectivity index (χ2n) is 13.0. The molecule has 0 N–H and O–H groups in total. The Morgan fingerprint density at radius 3 is 1.14 bits per heavy atom. The SMILES string of the molecule is CCCCCCCCCCCC(=O)OC[C@H](COC(=O)CCCCCCC)OC(=O)CCCCCCCCCCC(C)C. The van der Waals surface area contributed by atoms with Gasteiger partial charge in [-0.15, -0.1) is 0 Å². The van der Waals surface area contributed by atoms with Crippen LogP contribution >= 0.6 is 0 Å². The molecule has 0 saturated carbocycles. The van der Waals surface area contributed by atoms with E-state index in [1.165, 1.54) is 83.5 Å². The number of esters is 3. The summed E-state index contributed by atoms with van der Waals surface area (Å²) in [5, 5.41) is 0. The second-order valence-corrected chi connectivity index (χ2v) is 13.0. The van der Waals surface area contributed by atoms with Crippen LogP contribution in [0.25, 0.3) is 0 Å². The van der Waals surface area contributed by atoms with Crippen LogP contribution < -0.4 is 0 Å². The number of rotatable bonds is 32. The minimum absolute atomic E-state index is 0.0669. The van der Waals surface area contributed by atoms with Gasteiger partial charge in [-0.25, -0.2) is 0 Å². The summed E-state index contributed by atoms with van der Waals surface area (Å²) in [6.45, 7) is 8.82. The lowest BCUT2D eigenvalue weighted by atomic mass is 10.0. The van der Waals surface area contributed by atoms with Gasteiger partial charge in [0.05, 0.1) is 0 Å². The molecule has 0 heterocycles. The third-order valence-corrected chi connectivity index (χ3v) is 8.04. The first kappa shape index (κ1) is 41.4. The Hall–Kier alpha value is -1.59. The molecule has 0 bridgehead atoms. The highest BCUT2D eigenvalue weighted by Gasteiger charge is 2.19. The third kappa shape index (κ3) is 31.6. The number of hydrogen-bond donors (Lipinski definition) is 0. The quantitative estimate of drug-likeness (QED) is 0.0428. The molecule has 0 aliphatic heterocycles. The minimum atomic E-state index is -0.755. The summed E-state index contributed by atoms with van der Waals surface area (Å²) < 4.78 is 16.5. The smallest absolute Gasteiger partial charge is 0.306 e. The van der Waals surface area contributed by atoms with Crippen LogP contribution in [-0.4, -0.2) is 37.2 Å². The summed E-state index contributed by atoms with van der Waals surface area (Å²) in [5.41, 5.74) is 0. The lowest BCUT2D eigenvalue weighted by Crippen LogP contribution is -2.30. The Kier molecular flexibility index (Phi) is 30.6. The van der Waals surface area contributed by atoms with Crippen molar-refractivity contribution in [3.05, 3.63) is 0 Å². The van der Waals surface area contributed by atoms with Gasteiger partial charge in [-0.05, 0) is 25.2 Å². The Morgan fingerprint density at radius 1 is 0.442 bits per heavy atom. The maximum Gasteiger partial charge on any atom is 0.306 e. The van der Waals surface area contributed by atoms with Gasteiger partial charge in [0.2, 0.25) is 0 Å². The predicted molar refractivity (Wildman–Crippen MR) is 178 cm³/mol. The molecule has 0 aromatic rings. The topological polar surface area (TPSA) is 78.9 Å². The van der Waals surface area contributed by atoms with E-state index >= 15 is 0 Å². The number of hydrogen-bond acceptors (Lipinski definition) is 6. The lowest BCUT2D eigenvalue weighted by Gasteiger charge is -2.18. The standard InChI is InChI=1S/C37H70O6/c1-5-7-9-11-12-13-17-21-25-29-36(39)42-32-34(31-41-35(38)28-24-19-10-8-6-2)43-37(40)30-26-22-18-15-14-16-20-23-27-33(3)4/h33-34H,5-32H2,1-4H3/t34-/m0/s1. The summed E-state index contributed by atoms with van der Waals surface area (Å²) in [6, 6.07) is 0. The zero-order chi connectivity index (χ0) is 31.8. The molecule has 254 valence electrons. The molecule has 1 atom stereocenters. The van der Waals surface area contributed by atoms with Crippen molar-refractivity contribution in [3.63, 3.8) is 0 Å². The van der Waals surface area contributed by atoms with E-state index in [4.69, 9.17) is 14.2 Å². The fraction of sp³-hybridized carbons (Fsp3) is 0.919. The van der Waals surface area contributed by atoms with E-state index in [0.717, 1.165) is 70.1 Å². The summed E-state index contributed by atoms with van der Waals surface area (Å²) in [6.07, 6.45) is 26.9. The molecule has 0 aromatic carbocycles. The first-order chi connectivity index (χ1) is 20.9. The van der Waals surface area contributed by atoms with Crippen LogP contribution in [-0.2, 0) is 28.6 Å². The average molecular weight is 611 g/mol. The van der Waals surface area contributed by atoms with Gasteiger partial charge in [0.25, 0.3) is 0 Å². The van der Waals surface area contributed by atoms with Crippen molar-refractivity contribution in [1.82, 2.24) is 0 Å². The van der Waals surface area contributed by atoms with Gasteiger partial charge >= 0.3 is 17.9 Å². The molecule has 0 amide bonds. The highest BCUT2D eigenvalue weighted by Crippen LogP contribution is 2.14. The van der Waals surface area contributed by atoms with Crippen molar-refractivity contribution in [2.24, 2.45) is 5.92 Å². The van der Waals surface area contributed by atoms with Crippen LogP contribution in [0.1, 0.15) is 195 Å². The molecular weight excluding hydrogens is 540 g/mol. The van der Waals surface area contributed by atoms with E-state index in [2.05, 4.69) is 27.7 Å². The van der Waals surface area contributed by atoms with E-state index in [1.54, 1.807) is 0 Å². The minimum Gasteiger partial charge on any atom is -0.462 e. The van der Waals surface area contributed by atoms with E-state index in [0.29, 0.717) is 19.3 Å². The molecule has 0 radical (unpaired) electrons. The van der Waals surface area contributed by atoms with Gasteiger partial charge < -0.3 is 14.2 Å². The largest absolute Gasteiger partial charge is 0.462 e. The molecule has 0 spiro atoms. The molecule has 6 nitrogen and oxygen atoms in total. The Morgan fingerprint density at radius 2 is 0.767 bits per heavy atom. The molecular formula is C37H70O6. The van der Waals surface area contributed by atoms with Crippen LogP contribution in [0.4, 0.5) is 0 Å². The Bertz CT molecular complexity index is 647. The van der Waals surface area contributed by atoms with Crippen LogP contribution in [0.3, 0.4) is 0 Å². The number of carbonyl (C=O) groups excluding carboxylic acids is 3. The predicted octanol–water partition coefficient (Wildman–Crippen LogP) is 10.8. The first-order valence-electron chi connectivity index (χ1n) is 18.4. The molecule has 0 aromatic heterocycles. The van der Waals surface area contributed by atoms with E-state index < -0.39 is 6.10 Å². The zero-order valence-electron chi connectivity index (χ0n) is 28.9. The molecule has 6 heteroatoms. The van der Waals surface area contributed by atoms with Crippen LogP contribution in [0.2, 0.25) is 0 Å². The second kappa shape index (κ2) is 31.8.